The van der Waals surface area contributed by atoms with Crippen molar-refractivity contribution in [3.63, 3.8) is 0 Å². The molecule has 0 radical (unpaired) electrons. The highest BCUT2D eigenvalue weighted by Gasteiger charge is 2.22. The lowest BCUT2D eigenvalue weighted by molar-refractivity contribution is 0.104. The summed E-state index contributed by atoms with van der Waals surface area (Å²) in [5, 5.41) is 4.04. The molecule has 1 aromatic carbocycles. The van der Waals surface area contributed by atoms with Crippen molar-refractivity contribution in [2.24, 2.45) is 0 Å². The van der Waals surface area contributed by atoms with E-state index in [4.69, 9.17) is 4.74 Å². The molecule has 30 heavy (non-hydrogen) atoms. The predicted octanol–water partition coefficient (Wildman–Crippen LogP) is 3.76. The number of aromatic nitrogens is 3. The second kappa shape index (κ2) is 8.24. The average molecular weight is 401 g/mol. The van der Waals surface area contributed by atoms with Crippen molar-refractivity contribution in [1.29, 1.82) is 0 Å². The molecule has 4 aromatic rings. The molecule has 3 aromatic heterocycles. The van der Waals surface area contributed by atoms with Crippen LogP contribution < -0.4 is 10.1 Å². The van der Waals surface area contributed by atoms with Crippen molar-refractivity contribution in [3.8, 4) is 5.75 Å². The average Bonchev–Trinajstić information content (AvgIpc) is 3.12. The number of ketones is 1. The molecule has 1 N–H and O–H groups in total. The number of fused-ring (bicyclic) bond motifs is 3. The summed E-state index contributed by atoms with van der Waals surface area (Å²) in [6, 6.07) is 13.7. The smallest absolute Gasteiger partial charge is 0.209 e. The number of carbonyl (C=O) groups is 1. The molecule has 0 unspecified atom stereocenters. The quantitative estimate of drug-likeness (QED) is 0.376. The Balaban J connectivity index is 1.90. The number of hydrogen-bond acceptors (Lipinski definition) is 6. The minimum Gasteiger partial charge on any atom is -0.496 e. The second-order valence-electron chi connectivity index (χ2n) is 7.06. The van der Waals surface area contributed by atoms with Crippen LogP contribution in [0.2, 0.25) is 0 Å². The van der Waals surface area contributed by atoms with Gasteiger partial charge >= 0.3 is 0 Å². The minimum absolute atomic E-state index is 0.122. The first kappa shape index (κ1) is 19.4. The second-order valence-corrected chi connectivity index (χ2v) is 7.06. The van der Waals surface area contributed by atoms with Crippen LogP contribution in [-0.4, -0.2) is 46.3 Å². The number of carbonyl (C=O) groups excluding carboxylic acids is 1. The highest BCUT2D eigenvalue weighted by atomic mass is 16.5. The molecule has 0 aliphatic heterocycles. The molecule has 0 fully saturated rings. The SMILES string of the molecule is COc1ccnc2c1c(C(=O)/C=C/N(C)C)c1ccnc(NCc3ccccc3)n12. The number of anilines is 1. The first-order valence-electron chi connectivity index (χ1n) is 9.59. The molecular weight excluding hydrogens is 378 g/mol. The minimum atomic E-state index is -0.122. The number of pyridine rings is 1. The van der Waals surface area contributed by atoms with E-state index in [2.05, 4.69) is 15.3 Å². The Morgan fingerprint density at radius 2 is 1.90 bits per heavy atom. The maximum atomic E-state index is 13.1. The predicted molar refractivity (Wildman–Crippen MR) is 118 cm³/mol. The Labute approximate surface area is 174 Å². The standard InChI is InChI=1S/C23H23N5O2/c1-27(2)14-11-18(29)20-17-9-12-25-23(26-15-16-7-5-4-6-8-16)28(17)22-21(20)19(30-3)10-13-24-22/h4-14H,15H2,1-3H3,(H,25,26)/b14-11+. The zero-order valence-corrected chi connectivity index (χ0v) is 17.2. The van der Waals surface area contributed by atoms with E-state index in [9.17, 15) is 4.79 Å². The third-order valence-corrected chi connectivity index (χ3v) is 4.78. The molecule has 0 aliphatic rings. The topological polar surface area (TPSA) is 71.8 Å². The monoisotopic (exact) mass is 401 g/mol. The van der Waals surface area contributed by atoms with E-state index in [0.717, 1.165) is 11.1 Å². The maximum Gasteiger partial charge on any atom is 0.209 e. The number of rotatable bonds is 7. The van der Waals surface area contributed by atoms with E-state index in [-0.39, 0.29) is 5.78 Å². The molecule has 0 amide bonds. The highest BCUT2D eigenvalue weighted by Crippen LogP contribution is 2.34. The largest absolute Gasteiger partial charge is 0.496 e. The van der Waals surface area contributed by atoms with Gasteiger partial charge in [-0.3, -0.25) is 9.20 Å². The number of ether oxygens (including phenoxy) is 1. The third-order valence-electron chi connectivity index (χ3n) is 4.78. The Kier molecular flexibility index (Phi) is 5.34. The molecule has 0 bridgehead atoms. The van der Waals surface area contributed by atoms with Crippen LogP contribution in [0.5, 0.6) is 5.75 Å². The van der Waals surface area contributed by atoms with Gasteiger partial charge in [-0.05, 0) is 17.7 Å². The summed E-state index contributed by atoms with van der Waals surface area (Å²) in [5.74, 6) is 1.08. The van der Waals surface area contributed by atoms with Gasteiger partial charge in [0.25, 0.3) is 0 Å². The summed E-state index contributed by atoms with van der Waals surface area (Å²) in [6.45, 7) is 0.598. The van der Waals surface area contributed by atoms with Gasteiger partial charge < -0.3 is 15.0 Å². The van der Waals surface area contributed by atoms with Gasteiger partial charge in [-0.1, -0.05) is 30.3 Å². The van der Waals surface area contributed by atoms with Crippen LogP contribution >= 0.6 is 0 Å². The van der Waals surface area contributed by atoms with Crippen LogP contribution in [0.15, 0.2) is 67.1 Å². The molecule has 0 saturated heterocycles. The van der Waals surface area contributed by atoms with Crippen molar-refractivity contribution in [1.82, 2.24) is 19.3 Å². The summed E-state index contributed by atoms with van der Waals surface area (Å²) in [7, 11) is 5.34. The van der Waals surface area contributed by atoms with Crippen LogP contribution in [0.1, 0.15) is 15.9 Å². The van der Waals surface area contributed by atoms with Gasteiger partial charge in [0.15, 0.2) is 11.4 Å². The maximum absolute atomic E-state index is 13.1. The molecule has 0 spiro atoms. The zero-order valence-electron chi connectivity index (χ0n) is 17.2. The van der Waals surface area contributed by atoms with Crippen molar-refractivity contribution < 1.29 is 9.53 Å². The molecular formula is C23H23N5O2. The molecule has 7 heteroatoms. The third kappa shape index (κ3) is 3.57. The molecule has 0 aliphatic carbocycles. The zero-order chi connectivity index (χ0) is 21.1. The summed E-state index contributed by atoms with van der Waals surface area (Å²) in [4.78, 5) is 24.0. The molecule has 3 heterocycles. The van der Waals surface area contributed by atoms with E-state index in [1.807, 2.05) is 59.8 Å². The van der Waals surface area contributed by atoms with Gasteiger partial charge in [-0.2, -0.15) is 0 Å². The Bertz CT molecular complexity index is 1230. The molecule has 7 nitrogen and oxygen atoms in total. The number of methoxy groups -OCH3 is 1. The number of nitrogens with zero attached hydrogens (tertiary/aromatic N) is 4. The molecule has 4 rings (SSSR count). The van der Waals surface area contributed by atoms with Gasteiger partial charge in [-0.15, -0.1) is 0 Å². The van der Waals surface area contributed by atoms with Gasteiger partial charge in [0, 0.05) is 45.3 Å². The van der Waals surface area contributed by atoms with Gasteiger partial charge in [-0.25, -0.2) is 9.97 Å². The van der Waals surface area contributed by atoms with Crippen LogP contribution in [0.4, 0.5) is 5.95 Å². The fraction of sp³-hybridized carbons (Fsp3) is 0.174. The molecule has 0 atom stereocenters. The fourth-order valence-corrected chi connectivity index (χ4v) is 3.42. The Morgan fingerprint density at radius 3 is 2.63 bits per heavy atom. The van der Waals surface area contributed by atoms with Gasteiger partial charge in [0.2, 0.25) is 5.95 Å². The van der Waals surface area contributed by atoms with E-state index in [1.54, 1.807) is 37.8 Å². The lowest BCUT2D eigenvalue weighted by Gasteiger charge is -2.09. The van der Waals surface area contributed by atoms with Crippen molar-refractivity contribution in [3.05, 3.63) is 78.3 Å². The van der Waals surface area contributed by atoms with Crippen molar-refractivity contribution >= 4 is 28.3 Å². The molecule has 0 saturated carbocycles. The summed E-state index contributed by atoms with van der Waals surface area (Å²) >= 11 is 0. The Morgan fingerprint density at radius 1 is 1.13 bits per heavy atom. The van der Waals surface area contributed by atoms with Gasteiger partial charge in [0.1, 0.15) is 5.75 Å². The van der Waals surface area contributed by atoms with Crippen LogP contribution in [0.3, 0.4) is 0 Å². The molecule has 152 valence electrons. The van der Waals surface area contributed by atoms with E-state index < -0.39 is 0 Å². The van der Waals surface area contributed by atoms with Crippen LogP contribution in [0.25, 0.3) is 16.6 Å². The first-order valence-corrected chi connectivity index (χ1v) is 9.59. The number of benzene rings is 1. The first-order chi connectivity index (χ1) is 14.6. The van der Waals surface area contributed by atoms with E-state index in [1.165, 1.54) is 0 Å². The van der Waals surface area contributed by atoms with Crippen LogP contribution in [0, 0.1) is 0 Å². The van der Waals surface area contributed by atoms with Gasteiger partial charge in [0.05, 0.1) is 23.6 Å². The number of allylic oxidation sites excluding steroid dienone is 1. The lowest BCUT2D eigenvalue weighted by Crippen LogP contribution is -2.07. The fourth-order valence-electron chi connectivity index (χ4n) is 3.42. The van der Waals surface area contributed by atoms with Crippen molar-refractivity contribution in [2.45, 2.75) is 6.54 Å². The Hall–Kier alpha value is -3.87. The summed E-state index contributed by atoms with van der Waals surface area (Å²) in [5.41, 5.74) is 3.01. The van der Waals surface area contributed by atoms with E-state index >= 15 is 0 Å². The lowest BCUT2D eigenvalue weighted by atomic mass is 10.1. The summed E-state index contributed by atoms with van der Waals surface area (Å²) in [6.07, 6.45) is 6.65. The number of hydrogen-bond donors (Lipinski definition) is 1. The highest BCUT2D eigenvalue weighted by molar-refractivity contribution is 6.20. The number of nitrogens with one attached hydrogen (secondary N) is 1. The normalized spacial score (nSPS) is 11.3. The summed E-state index contributed by atoms with van der Waals surface area (Å²) < 4.78 is 7.43. The van der Waals surface area contributed by atoms with E-state index in [0.29, 0.717) is 34.8 Å². The van der Waals surface area contributed by atoms with Crippen molar-refractivity contribution in [2.75, 3.05) is 26.5 Å². The van der Waals surface area contributed by atoms with Crippen LogP contribution in [-0.2, 0) is 6.54 Å².